The van der Waals surface area contributed by atoms with E-state index in [-0.39, 0.29) is 35.5 Å². The van der Waals surface area contributed by atoms with Gasteiger partial charge in [0.25, 0.3) is 5.91 Å². The van der Waals surface area contributed by atoms with Crippen molar-refractivity contribution >= 4 is 33.1 Å². The monoisotopic (exact) mass is 690 g/mol. The normalized spacial score (nSPS) is 17.8. The molecule has 3 aliphatic rings. The second-order valence-corrected chi connectivity index (χ2v) is 14.0. The van der Waals surface area contributed by atoms with Crippen LogP contribution in [0.1, 0.15) is 75.7 Å². The van der Waals surface area contributed by atoms with Gasteiger partial charge in [-0.2, -0.15) is 0 Å². The minimum Gasteiger partial charge on any atom is -0.493 e. The van der Waals surface area contributed by atoms with Gasteiger partial charge in [0.15, 0.2) is 11.6 Å². The van der Waals surface area contributed by atoms with Crippen LogP contribution in [-0.4, -0.2) is 44.6 Å². The maximum Gasteiger partial charge on any atom is 0.257 e. The second kappa shape index (κ2) is 12.0. The lowest BCUT2D eigenvalue weighted by Gasteiger charge is -2.17. The third-order valence-electron chi connectivity index (χ3n) is 10.1. The summed E-state index contributed by atoms with van der Waals surface area (Å²) in [7, 11) is 1.50. The second-order valence-electron chi connectivity index (χ2n) is 13.0. The smallest absolute Gasteiger partial charge is 0.257 e. The van der Waals surface area contributed by atoms with Gasteiger partial charge < -0.3 is 19.4 Å². The van der Waals surface area contributed by atoms with Crippen LogP contribution in [0.2, 0.25) is 0 Å². The summed E-state index contributed by atoms with van der Waals surface area (Å²) >= 11 is 1.50. The van der Waals surface area contributed by atoms with Gasteiger partial charge in [0.05, 0.1) is 57.6 Å². The summed E-state index contributed by atoms with van der Waals surface area (Å²) in [5.74, 6) is 0.277. The van der Waals surface area contributed by atoms with E-state index >= 15 is 0 Å². The molecule has 1 aliphatic carbocycles. The lowest BCUT2D eigenvalue weighted by atomic mass is 9.94. The highest BCUT2D eigenvalue weighted by molar-refractivity contribution is 7.22. The highest BCUT2D eigenvalue weighted by Crippen LogP contribution is 2.50. The number of nitrogens with zero attached hydrogens (tertiary/aromatic N) is 5. The van der Waals surface area contributed by atoms with E-state index < -0.39 is 0 Å². The van der Waals surface area contributed by atoms with Crippen LogP contribution < -0.4 is 10.1 Å². The fourth-order valence-corrected chi connectivity index (χ4v) is 8.96. The highest BCUT2D eigenvalue weighted by Gasteiger charge is 2.45. The van der Waals surface area contributed by atoms with Crippen molar-refractivity contribution in [1.29, 1.82) is 0 Å². The molecule has 9 nitrogen and oxygen atoms in total. The average Bonchev–Trinajstić information content (AvgIpc) is 3.96. The van der Waals surface area contributed by atoms with Crippen molar-refractivity contribution in [2.24, 2.45) is 0 Å². The summed E-state index contributed by atoms with van der Waals surface area (Å²) in [6.45, 7) is 2.40. The van der Waals surface area contributed by atoms with Crippen molar-refractivity contribution in [3.05, 3.63) is 106 Å². The van der Waals surface area contributed by atoms with Crippen molar-refractivity contribution in [3.8, 4) is 27.8 Å². The van der Waals surface area contributed by atoms with Crippen LogP contribution in [0.25, 0.3) is 32.2 Å². The van der Waals surface area contributed by atoms with E-state index in [9.17, 15) is 13.6 Å². The molecule has 3 aromatic heterocycles. The van der Waals surface area contributed by atoms with Crippen LogP contribution in [0.4, 0.5) is 14.5 Å². The molecule has 2 aliphatic heterocycles. The first kappa shape index (κ1) is 30.8. The Morgan fingerprint density at radius 2 is 1.86 bits per heavy atom. The van der Waals surface area contributed by atoms with Gasteiger partial charge in [-0.25, -0.2) is 13.8 Å². The van der Waals surface area contributed by atoms with Crippen molar-refractivity contribution in [3.63, 3.8) is 0 Å². The lowest BCUT2D eigenvalue weighted by molar-refractivity contribution is 0.0776. The van der Waals surface area contributed by atoms with Gasteiger partial charge in [0, 0.05) is 24.6 Å². The topological polar surface area (TPSA) is 106 Å². The summed E-state index contributed by atoms with van der Waals surface area (Å²) in [6.07, 6.45) is 4.35. The van der Waals surface area contributed by atoms with Crippen molar-refractivity contribution < 1.29 is 22.7 Å². The number of thiazole rings is 1. The number of pyridine rings is 1. The zero-order chi connectivity index (χ0) is 34.1. The van der Waals surface area contributed by atoms with E-state index in [1.54, 1.807) is 19.1 Å². The number of benzene rings is 3. The Bertz CT molecular complexity index is 2320. The first-order valence-corrected chi connectivity index (χ1v) is 17.6. The number of methoxy groups -OCH3 is 1. The number of aryl methyl sites for hydroxylation is 3. The molecule has 0 radical (unpaired) electrons. The first-order valence-electron chi connectivity index (χ1n) is 16.8. The number of carbonyl (C=O) groups is 1. The van der Waals surface area contributed by atoms with Crippen LogP contribution in [0, 0.1) is 18.6 Å². The molecule has 1 fully saturated rings. The number of anilines is 1. The van der Waals surface area contributed by atoms with Gasteiger partial charge in [0.1, 0.15) is 10.8 Å². The lowest BCUT2D eigenvalue weighted by Crippen LogP contribution is -2.22. The van der Waals surface area contributed by atoms with Gasteiger partial charge in [-0.1, -0.05) is 24.3 Å². The van der Waals surface area contributed by atoms with Gasteiger partial charge >= 0.3 is 0 Å². The Hall–Kier alpha value is -5.23. The van der Waals surface area contributed by atoms with Crippen LogP contribution in [0.3, 0.4) is 0 Å². The number of ether oxygens (including phenoxy) is 1. The Labute approximate surface area is 290 Å². The Kier molecular flexibility index (Phi) is 7.38. The molecular weight excluding hydrogens is 659 g/mol. The summed E-state index contributed by atoms with van der Waals surface area (Å²) in [4.78, 5) is 26.5. The number of fused-ring (bicyclic) bond motifs is 5. The summed E-state index contributed by atoms with van der Waals surface area (Å²) in [5, 5.41) is 12.9. The van der Waals surface area contributed by atoms with Crippen molar-refractivity contribution in [1.82, 2.24) is 25.1 Å². The summed E-state index contributed by atoms with van der Waals surface area (Å²) in [6, 6.07) is 15.6. The van der Waals surface area contributed by atoms with Crippen molar-refractivity contribution in [2.75, 3.05) is 19.0 Å². The van der Waals surface area contributed by atoms with Crippen molar-refractivity contribution in [2.45, 2.75) is 57.5 Å². The fourth-order valence-electron chi connectivity index (χ4n) is 7.86. The minimum absolute atomic E-state index is 0.0374. The SMILES string of the molecule is COc1c(F)ccc2c1CC[C@H]2Nc1cccc2nc(-c3c4c(nc(CCc5ccc(F)cc5)c3-c3nnc(C)o3)[C@H]3CCCN3C4=O)sc12. The predicted molar refractivity (Wildman–Crippen MR) is 185 cm³/mol. The molecule has 1 saturated heterocycles. The average molecular weight is 691 g/mol. The van der Waals surface area contributed by atoms with E-state index in [1.807, 2.05) is 29.2 Å². The van der Waals surface area contributed by atoms with Gasteiger partial charge in [-0.05, 0) is 80.0 Å². The third-order valence-corrected chi connectivity index (χ3v) is 11.2. The molecule has 12 heteroatoms. The molecule has 0 saturated carbocycles. The molecule has 0 spiro atoms. The molecule has 9 rings (SSSR count). The Morgan fingerprint density at radius 3 is 2.66 bits per heavy atom. The Morgan fingerprint density at radius 1 is 1.00 bits per heavy atom. The maximum atomic E-state index is 14.5. The maximum absolute atomic E-state index is 14.5. The summed E-state index contributed by atoms with van der Waals surface area (Å²) in [5.41, 5.74) is 7.85. The van der Waals surface area contributed by atoms with Gasteiger partial charge in [-0.3, -0.25) is 9.78 Å². The predicted octanol–water partition coefficient (Wildman–Crippen LogP) is 8.18. The van der Waals surface area contributed by atoms with E-state index in [0.717, 1.165) is 63.2 Å². The molecule has 0 bridgehead atoms. The van der Waals surface area contributed by atoms with Crippen LogP contribution in [0.5, 0.6) is 5.75 Å². The molecule has 2 atom stereocenters. The van der Waals surface area contributed by atoms with E-state index in [4.69, 9.17) is 19.1 Å². The largest absolute Gasteiger partial charge is 0.493 e. The minimum atomic E-state index is -0.356. The third kappa shape index (κ3) is 4.95. The number of nitrogens with one attached hydrogen (secondary N) is 1. The van der Waals surface area contributed by atoms with Crippen LogP contribution >= 0.6 is 11.3 Å². The van der Waals surface area contributed by atoms with Crippen LogP contribution in [0.15, 0.2) is 59.0 Å². The molecule has 0 unspecified atom stereocenters. The molecule has 6 aromatic rings. The number of hydrogen-bond donors (Lipinski definition) is 1. The standard InChI is InChI=1S/C38H32F2N6O3S/c1-19-44-45-36(49-19)30-26(16-10-20-8-11-21(39)12-9-20)42-33-29-7-4-18-46(29)38(47)32(33)31(30)37-43-28-6-3-5-27(35(28)50-37)41-25-17-14-23-22(25)13-15-24(40)34(23)48-2/h3,5-6,8-9,11-13,15,25,29,41H,4,7,10,14,16-18H2,1-2H3/t25-,29-/m1/s1. The highest BCUT2D eigenvalue weighted by atomic mass is 32.1. The molecular formula is C38H32F2N6O3S. The number of rotatable bonds is 8. The van der Waals surface area contributed by atoms with Gasteiger partial charge in [0.2, 0.25) is 11.8 Å². The van der Waals surface area contributed by atoms with Crippen LogP contribution in [-0.2, 0) is 19.3 Å². The molecule has 3 aromatic carbocycles. The Balaban J connectivity index is 1.20. The molecule has 5 heterocycles. The zero-order valence-corrected chi connectivity index (χ0v) is 28.2. The zero-order valence-electron chi connectivity index (χ0n) is 27.4. The van der Waals surface area contributed by atoms with E-state index in [2.05, 4.69) is 15.5 Å². The number of halogens is 2. The van der Waals surface area contributed by atoms with E-state index in [1.165, 1.54) is 36.6 Å². The quantitative estimate of drug-likeness (QED) is 0.171. The molecule has 1 amide bonds. The van der Waals surface area contributed by atoms with Gasteiger partial charge in [-0.15, -0.1) is 21.5 Å². The number of hydrogen-bond acceptors (Lipinski definition) is 9. The fraction of sp³-hybridized carbons (Fsp3) is 0.289. The number of carbonyl (C=O) groups excluding carboxylic acids is 1. The number of amides is 1. The molecule has 252 valence electrons. The first-order chi connectivity index (χ1) is 24.4. The summed E-state index contributed by atoms with van der Waals surface area (Å²) < 4.78 is 40.6. The molecule has 50 heavy (non-hydrogen) atoms. The number of aromatic nitrogens is 4. The molecule has 1 N–H and O–H groups in total. The van der Waals surface area contributed by atoms with E-state index in [0.29, 0.717) is 59.1 Å².